The Morgan fingerprint density at radius 3 is 2.50 bits per heavy atom. The fourth-order valence-electron chi connectivity index (χ4n) is 3.52. The molecule has 9 heteroatoms. The fraction of sp³-hybridized carbons (Fsp3) is 0.0870. The zero-order valence-electron chi connectivity index (χ0n) is 17.1. The molecule has 2 aromatic heterocycles. The fourth-order valence-corrected chi connectivity index (χ4v) is 5.53. The molecule has 2 aromatic carbocycles. The lowest BCUT2D eigenvalue weighted by Gasteiger charge is -2.16. The number of Topliss-reactive ketones (excluding diaryl/α,β-unsaturated/α-hetero) is 2. The van der Waals surface area contributed by atoms with Gasteiger partial charge in [0, 0.05) is 12.6 Å². The Morgan fingerprint density at radius 1 is 1.06 bits per heavy atom. The molecule has 0 unspecified atom stereocenters. The van der Waals surface area contributed by atoms with Crippen LogP contribution < -0.4 is 5.01 Å². The van der Waals surface area contributed by atoms with Crippen LogP contribution in [0.15, 0.2) is 70.3 Å². The second-order valence-electron chi connectivity index (χ2n) is 7.07. The first-order valence-corrected chi connectivity index (χ1v) is 11.3. The number of hydrogen-bond acceptors (Lipinski definition) is 8. The van der Waals surface area contributed by atoms with E-state index in [-0.39, 0.29) is 16.4 Å². The third-order valence-corrected chi connectivity index (χ3v) is 7.30. The highest BCUT2D eigenvalue weighted by atomic mass is 32.2. The number of aryl methyl sites for hydroxylation is 1. The van der Waals surface area contributed by atoms with Gasteiger partial charge in [-0.1, -0.05) is 41.7 Å². The monoisotopic (exact) mass is 457 g/mol. The van der Waals surface area contributed by atoms with E-state index in [4.69, 9.17) is 0 Å². The molecule has 1 aliphatic heterocycles. The van der Waals surface area contributed by atoms with Crippen molar-refractivity contribution in [1.82, 2.24) is 9.38 Å². The number of fused-ring (bicyclic) bond motifs is 3. The van der Waals surface area contributed by atoms with Crippen molar-refractivity contribution in [2.45, 2.75) is 13.8 Å². The van der Waals surface area contributed by atoms with Crippen molar-refractivity contribution in [1.29, 1.82) is 5.26 Å². The molecule has 0 fully saturated rings. The molecular weight excluding hydrogens is 442 g/mol. The van der Waals surface area contributed by atoms with Crippen molar-refractivity contribution < 1.29 is 9.59 Å². The van der Waals surface area contributed by atoms with Gasteiger partial charge in [-0.2, -0.15) is 10.4 Å². The van der Waals surface area contributed by atoms with E-state index in [2.05, 4.69) is 16.2 Å². The van der Waals surface area contributed by atoms with Crippen LogP contribution in [0.25, 0.3) is 16.0 Å². The summed E-state index contributed by atoms with van der Waals surface area (Å²) in [6.07, 6.45) is 0. The predicted molar refractivity (Wildman–Crippen MR) is 127 cm³/mol. The van der Waals surface area contributed by atoms with Crippen molar-refractivity contribution in [3.8, 4) is 6.07 Å². The number of ketones is 2. The SMILES string of the molecule is CC(=O)C1=NN(c2ccccc2)/C(=C(/C#N)C(=O)c2sc3nc4ccccc4n3c2C)S1. The molecule has 7 nitrogen and oxygen atoms in total. The van der Waals surface area contributed by atoms with E-state index >= 15 is 0 Å². The number of hydrazone groups is 1. The topological polar surface area (TPSA) is 90.8 Å². The van der Waals surface area contributed by atoms with Crippen molar-refractivity contribution in [3.05, 3.63) is 75.8 Å². The van der Waals surface area contributed by atoms with Crippen LogP contribution in [0.4, 0.5) is 5.69 Å². The van der Waals surface area contributed by atoms with Gasteiger partial charge in [0.1, 0.15) is 16.7 Å². The number of nitrogens with zero attached hydrogens (tertiary/aromatic N) is 5. The van der Waals surface area contributed by atoms with Crippen LogP contribution in [-0.4, -0.2) is 26.0 Å². The summed E-state index contributed by atoms with van der Waals surface area (Å²) >= 11 is 2.29. The highest BCUT2D eigenvalue weighted by molar-refractivity contribution is 8.19. The summed E-state index contributed by atoms with van der Waals surface area (Å²) in [5.74, 6) is -0.638. The maximum atomic E-state index is 13.6. The van der Waals surface area contributed by atoms with Gasteiger partial charge in [0.15, 0.2) is 15.8 Å². The number of thiazole rings is 1. The van der Waals surface area contributed by atoms with Crippen LogP contribution in [0.2, 0.25) is 0 Å². The van der Waals surface area contributed by atoms with Crippen LogP contribution in [0.5, 0.6) is 0 Å². The van der Waals surface area contributed by atoms with E-state index < -0.39 is 5.78 Å². The number of anilines is 1. The molecule has 0 spiro atoms. The lowest BCUT2D eigenvalue weighted by atomic mass is 10.1. The van der Waals surface area contributed by atoms with Crippen molar-refractivity contribution in [3.63, 3.8) is 0 Å². The Labute approximate surface area is 191 Å². The molecule has 1 aliphatic rings. The number of aromatic nitrogens is 2. The number of rotatable bonds is 4. The predicted octanol–water partition coefficient (Wildman–Crippen LogP) is 4.93. The van der Waals surface area contributed by atoms with Crippen LogP contribution in [0, 0.1) is 18.3 Å². The second-order valence-corrected chi connectivity index (χ2v) is 9.02. The number of para-hydroxylation sites is 3. The van der Waals surface area contributed by atoms with Gasteiger partial charge >= 0.3 is 0 Å². The summed E-state index contributed by atoms with van der Waals surface area (Å²) in [7, 11) is 0. The lowest BCUT2D eigenvalue weighted by Crippen LogP contribution is -2.15. The van der Waals surface area contributed by atoms with Gasteiger partial charge in [-0.05, 0) is 43.0 Å². The Hall–Kier alpha value is -3.74. The molecule has 0 saturated carbocycles. The standard InChI is InChI=1S/C23H15N5O2S2/c1-13-20(31-23-25-17-10-6-7-11-18(17)27(13)23)19(30)16(12-24)22-28(15-8-4-3-5-9-15)26-21(32-22)14(2)29/h3-11H,1-2H3/b22-16+. The molecule has 0 atom stereocenters. The molecule has 4 aromatic rings. The molecule has 0 bridgehead atoms. The van der Waals surface area contributed by atoms with Crippen molar-refractivity contribution in [2.75, 3.05) is 5.01 Å². The maximum absolute atomic E-state index is 13.6. The normalized spacial score (nSPS) is 15.2. The zero-order valence-corrected chi connectivity index (χ0v) is 18.7. The van der Waals surface area contributed by atoms with Gasteiger partial charge in [0.2, 0.25) is 5.78 Å². The summed E-state index contributed by atoms with van der Waals surface area (Å²) in [6, 6.07) is 18.9. The smallest absolute Gasteiger partial charge is 0.218 e. The molecule has 0 radical (unpaired) electrons. The van der Waals surface area contributed by atoms with E-state index in [1.54, 1.807) is 0 Å². The largest absolute Gasteiger partial charge is 0.292 e. The van der Waals surface area contributed by atoms with Crippen LogP contribution in [-0.2, 0) is 4.79 Å². The minimum absolute atomic E-state index is 0.0595. The summed E-state index contributed by atoms with van der Waals surface area (Å²) in [5.41, 5.74) is 3.08. The van der Waals surface area contributed by atoms with E-state index in [9.17, 15) is 14.9 Å². The van der Waals surface area contributed by atoms with Crippen molar-refractivity contribution in [2.24, 2.45) is 5.10 Å². The third-order valence-electron chi connectivity index (χ3n) is 5.02. The Balaban J connectivity index is 1.65. The van der Waals surface area contributed by atoms with Crippen LogP contribution in [0.1, 0.15) is 22.3 Å². The van der Waals surface area contributed by atoms with E-state index in [0.29, 0.717) is 20.6 Å². The van der Waals surface area contributed by atoms with Crippen LogP contribution in [0.3, 0.4) is 0 Å². The van der Waals surface area contributed by atoms with Gasteiger partial charge in [-0.15, -0.1) is 0 Å². The Kier molecular flexibility index (Phi) is 4.89. The first-order chi connectivity index (χ1) is 15.5. The summed E-state index contributed by atoms with van der Waals surface area (Å²) in [4.78, 5) is 31.3. The minimum atomic E-state index is -0.409. The number of allylic oxidation sites excluding steroid dienone is 1. The average molecular weight is 458 g/mol. The molecule has 0 aliphatic carbocycles. The van der Waals surface area contributed by atoms with Gasteiger partial charge < -0.3 is 0 Å². The number of benzene rings is 2. The number of thioether (sulfide) groups is 1. The Bertz CT molecular complexity index is 1520. The number of nitriles is 1. The third kappa shape index (κ3) is 3.12. The molecule has 0 saturated heterocycles. The quantitative estimate of drug-likeness (QED) is 0.245. The average Bonchev–Trinajstić information content (AvgIpc) is 3.48. The van der Waals surface area contributed by atoms with Gasteiger partial charge in [0.05, 0.1) is 21.6 Å². The molecule has 156 valence electrons. The van der Waals surface area contributed by atoms with E-state index in [1.165, 1.54) is 23.3 Å². The minimum Gasteiger partial charge on any atom is -0.292 e. The first-order valence-electron chi connectivity index (χ1n) is 9.68. The molecule has 0 N–H and O–H groups in total. The van der Waals surface area contributed by atoms with Crippen LogP contribution >= 0.6 is 23.1 Å². The Morgan fingerprint density at radius 2 is 1.78 bits per heavy atom. The summed E-state index contributed by atoms with van der Waals surface area (Å²) < 4.78 is 1.93. The van der Waals surface area contributed by atoms with Gasteiger partial charge in [-0.25, -0.2) is 9.99 Å². The molecule has 5 rings (SSSR count). The van der Waals surface area contributed by atoms with E-state index in [0.717, 1.165) is 28.5 Å². The van der Waals surface area contributed by atoms with Crippen molar-refractivity contribution >= 4 is 61.4 Å². The zero-order chi connectivity index (χ0) is 22.4. The highest BCUT2D eigenvalue weighted by Crippen LogP contribution is 2.38. The lowest BCUT2D eigenvalue weighted by molar-refractivity contribution is -0.110. The first kappa shape index (κ1) is 20.2. The molecule has 0 amide bonds. The summed E-state index contributed by atoms with van der Waals surface area (Å²) in [5, 5.41) is 16.4. The maximum Gasteiger partial charge on any atom is 0.218 e. The highest BCUT2D eigenvalue weighted by Gasteiger charge is 2.33. The second kappa shape index (κ2) is 7.75. The summed E-state index contributed by atoms with van der Waals surface area (Å²) in [6.45, 7) is 3.26. The number of carbonyl (C=O) groups excluding carboxylic acids is 2. The van der Waals surface area contributed by atoms with Gasteiger partial charge in [-0.3, -0.25) is 14.0 Å². The van der Waals surface area contributed by atoms with E-state index in [1.807, 2.05) is 65.9 Å². The number of hydrogen-bond donors (Lipinski definition) is 0. The molecule has 3 heterocycles. The molecule has 32 heavy (non-hydrogen) atoms. The number of carbonyl (C=O) groups is 2. The van der Waals surface area contributed by atoms with Gasteiger partial charge in [0.25, 0.3) is 0 Å². The number of imidazole rings is 1. The molecular formula is C23H15N5O2S2.